The van der Waals surface area contributed by atoms with Crippen LogP contribution in [0.1, 0.15) is 48.6 Å². The molecule has 0 N–H and O–H groups in total. The number of fused-ring (bicyclic) bond motifs is 16. The van der Waals surface area contributed by atoms with Crippen LogP contribution in [0.4, 0.5) is 17.1 Å². The Labute approximate surface area is 316 Å². The zero-order valence-corrected chi connectivity index (χ0v) is 30.8. The fourth-order valence-electron chi connectivity index (χ4n) is 9.88. The Kier molecular flexibility index (Phi) is 6.50. The van der Waals surface area contributed by atoms with Crippen molar-refractivity contribution < 1.29 is 0 Å². The van der Waals surface area contributed by atoms with Gasteiger partial charge in [-0.05, 0) is 113 Å². The van der Waals surface area contributed by atoms with E-state index in [1.54, 1.807) is 0 Å². The summed E-state index contributed by atoms with van der Waals surface area (Å²) in [4.78, 5) is 2.51. The Balaban J connectivity index is 1.24. The van der Waals surface area contributed by atoms with Gasteiger partial charge in [0.2, 0.25) is 0 Å². The van der Waals surface area contributed by atoms with Crippen molar-refractivity contribution in [3.05, 3.63) is 210 Å². The maximum atomic E-state index is 2.51. The van der Waals surface area contributed by atoms with Gasteiger partial charge in [0.1, 0.15) is 0 Å². The molecule has 0 fully saturated rings. The molecule has 0 saturated heterocycles. The summed E-state index contributed by atoms with van der Waals surface area (Å²) in [7, 11) is 0. The second-order valence-corrected chi connectivity index (χ2v) is 16.0. The zero-order chi connectivity index (χ0) is 36.2. The third kappa shape index (κ3) is 4.15. The molecule has 0 bridgehead atoms. The fraction of sp³-hybridized carbons (Fsp3) is 0.0943. The maximum absolute atomic E-state index is 2.51. The molecule has 0 unspecified atom stereocenters. The summed E-state index contributed by atoms with van der Waals surface area (Å²) in [6.07, 6.45) is 0. The minimum absolute atomic E-state index is 0.0485. The third-order valence-corrected chi connectivity index (χ3v) is 12.2. The molecule has 0 aliphatic heterocycles. The predicted molar refractivity (Wildman–Crippen MR) is 229 cm³/mol. The van der Waals surface area contributed by atoms with E-state index in [0.29, 0.717) is 0 Å². The highest BCUT2D eigenvalue weighted by Crippen LogP contribution is 2.63. The first-order chi connectivity index (χ1) is 26.4. The van der Waals surface area contributed by atoms with Gasteiger partial charge in [-0.1, -0.05) is 172 Å². The lowest BCUT2D eigenvalue weighted by Crippen LogP contribution is -2.26. The van der Waals surface area contributed by atoms with Crippen LogP contribution in [-0.4, -0.2) is 0 Å². The van der Waals surface area contributed by atoms with Crippen molar-refractivity contribution in [2.75, 3.05) is 4.90 Å². The summed E-state index contributed by atoms with van der Waals surface area (Å²) in [5, 5.41) is 7.64. The summed E-state index contributed by atoms with van der Waals surface area (Å²) in [6.45, 7) is 6.86. The van der Waals surface area contributed by atoms with Crippen LogP contribution in [0.3, 0.4) is 0 Å². The minimum Gasteiger partial charge on any atom is -0.310 e. The molecule has 1 spiro atoms. The van der Waals surface area contributed by atoms with E-state index in [-0.39, 0.29) is 5.41 Å². The molecule has 1 heteroatoms. The molecule has 2 aliphatic rings. The van der Waals surface area contributed by atoms with Crippen LogP contribution >= 0.6 is 0 Å². The molecule has 256 valence electrons. The summed E-state index contributed by atoms with van der Waals surface area (Å²) >= 11 is 0. The highest BCUT2D eigenvalue weighted by molar-refractivity contribution is 6.28. The lowest BCUT2D eigenvalue weighted by molar-refractivity contribution is 0.590. The van der Waals surface area contributed by atoms with Crippen molar-refractivity contribution in [2.45, 2.75) is 31.6 Å². The number of hydrogen-bond acceptors (Lipinski definition) is 1. The molecule has 9 aromatic carbocycles. The molecule has 0 aromatic heterocycles. The summed E-state index contributed by atoms with van der Waals surface area (Å²) < 4.78 is 0. The van der Waals surface area contributed by atoms with E-state index in [2.05, 4.69) is 208 Å². The molecular weight excluding hydrogens is 651 g/mol. The molecular formula is C53H39N. The van der Waals surface area contributed by atoms with E-state index in [9.17, 15) is 0 Å². The van der Waals surface area contributed by atoms with Gasteiger partial charge in [-0.2, -0.15) is 0 Å². The minimum atomic E-state index is -0.418. The van der Waals surface area contributed by atoms with Gasteiger partial charge in [-0.15, -0.1) is 0 Å². The van der Waals surface area contributed by atoms with Crippen molar-refractivity contribution in [3.63, 3.8) is 0 Å². The van der Waals surface area contributed by atoms with Gasteiger partial charge < -0.3 is 4.90 Å². The highest BCUT2D eigenvalue weighted by atomic mass is 15.1. The SMILES string of the molecule is CC(C)(C)c1ccc(N(c2ccc3c(c2)C2(c4ccccc4-c4ccccc42)c2ccccc2-3)c2cccc3c4ccccc4c4ccccc4c23)cc1. The quantitative estimate of drug-likeness (QED) is 0.167. The van der Waals surface area contributed by atoms with E-state index in [0.717, 1.165) is 11.4 Å². The number of rotatable bonds is 3. The van der Waals surface area contributed by atoms with Crippen LogP contribution in [0.5, 0.6) is 0 Å². The van der Waals surface area contributed by atoms with Crippen LogP contribution in [0.2, 0.25) is 0 Å². The van der Waals surface area contributed by atoms with Crippen LogP contribution in [0.15, 0.2) is 182 Å². The van der Waals surface area contributed by atoms with Crippen molar-refractivity contribution in [3.8, 4) is 22.3 Å². The maximum Gasteiger partial charge on any atom is 0.0726 e. The number of anilines is 3. The molecule has 1 nitrogen and oxygen atoms in total. The van der Waals surface area contributed by atoms with E-state index in [1.807, 2.05) is 0 Å². The summed E-state index contributed by atoms with van der Waals surface area (Å²) in [5.41, 5.74) is 15.1. The molecule has 9 aromatic rings. The normalized spacial score (nSPS) is 13.6. The van der Waals surface area contributed by atoms with Crippen molar-refractivity contribution >= 4 is 49.4 Å². The van der Waals surface area contributed by atoms with Gasteiger partial charge in [0.05, 0.1) is 11.1 Å². The topological polar surface area (TPSA) is 3.24 Å². The first-order valence-corrected chi connectivity index (χ1v) is 19.1. The molecule has 0 saturated carbocycles. The zero-order valence-electron chi connectivity index (χ0n) is 30.8. The average Bonchev–Trinajstić information content (AvgIpc) is 3.68. The molecule has 0 amide bonds. The largest absolute Gasteiger partial charge is 0.310 e. The molecule has 0 heterocycles. The van der Waals surface area contributed by atoms with Crippen LogP contribution in [-0.2, 0) is 10.8 Å². The standard InChI is InChI=1S/C53H39N/c1-52(2,3)34-27-29-35(30-28-34)54(50-26-14-22-45-39-16-5-4-15-37(39)38-17-6-7-21-44(38)51(45)50)36-31-32-43-42-20-10-13-25-48(42)53(49(43)33-36)46-23-11-8-18-40(46)41-19-9-12-24-47(41)53/h4-33H,1-3H3. The smallest absolute Gasteiger partial charge is 0.0726 e. The fourth-order valence-corrected chi connectivity index (χ4v) is 9.88. The van der Waals surface area contributed by atoms with Crippen molar-refractivity contribution in [2.24, 2.45) is 0 Å². The van der Waals surface area contributed by atoms with Crippen molar-refractivity contribution in [1.82, 2.24) is 0 Å². The average molecular weight is 690 g/mol. The lowest BCUT2D eigenvalue weighted by atomic mass is 9.70. The Hall–Kier alpha value is -6.44. The van der Waals surface area contributed by atoms with Crippen LogP contribution in [0.25, 0.3) is 54.6 Å². The molecule has 0 radical (unpaired) electrons. The van der Waals surface area contributed by atoms with Gasteiger partial charge in [0.25, 0.3) is 0 Å². The monoisotopic (exact) mass is 689 g/mol. The van der Waals surface area contributed by atoms with E-state index >= 15 is 0 Å². The Morgan fingerprint density at radius 1 is 0.370 bits per heavy atom. The first-order valence-electron chi connectivity index (χ1n) is 19.1. The predicted octanol–water partition coefficient (Wildman–Crippen LogP) is 14.3. The lowest BCUT2D eigenvalue weighted by Gasteiger charge is -2.33. The number of nitrogens with zero attached hydrogens (tertiary/aromatic N) is 1. The number of hydrogen-bond donors (Lipinski definition) is 0. The van der Waals surface area contributed by atoms with Gasteiger partial charge in [-0.25, -0.2) is 0 Å². The van der Waals surface area contributed by atoms with Gasteiger partial charge in [0, 0.05) is 16.8 Å². The van der Waals surface area contributed by atoms with E-state index in [1.165, 1.54) is 88.1 Å². The molecule has 54 heavy (non-hydrogen) atoms. The Morgan fingerprint density at radius 3 is 1.33 bits per heavy atom. The van der Waals surface area contributed by atoms with Gasteiger partial charge in [-0.3, -0.25) is 0 Å². The second-order valence-electron chi connectivity index (χ2n) is 16.0. The highest BCUT2D eigenvalue weighted by Gasteiger charge is 2.51. The Morgan fingerprint density at radius 2 is 0.796 bits per heavy atom. The number of benzene rings is 9. The first kappa shape index (κ1) is 31.1. The van der Waals surface area contributed by atoms with Crippen LogP contribution < -0.4 is 4.90 Å². The van der Waals surface area contributed by atoms with Gasteiger partial charge in [0.15, 0.2) is 0 Å². The van der Waals surface area contributed by atoms with Crippen molar-refractivity contribution in [1.29, 1.82) is 0 Å². The molecule has 2 aliphatic carbocycles. The van der Waals surface area contributed by atoms with E-state index < -0.39 is 5.41 Å². The second kappa shape index (κ2) is 11.3. The Bertz CT molecular complexity index is 2870. The summed E-state index contributed by atoms with van der Waals surface area (Å²) in [5.74, 6) is 0. The molecule has 11 rings (SSSR count). The third-order valence-electron chi connectivity index (χ3n) is 12.2. The van der Waals surface area contributed by atoms with Gasteiger partial charge >= 0.3 is 0 Å². The van der Waals surface area contributed by atoms with E-state index in [4.69, 9.17) is 0 Å². The molecule has 0 atom stereocenters. The van der Waals surface area contributed by atoms with Crippen LogP contribution in [0, 0.1) is 0 Å². The summed E-state index contributed by atoms with van der Waals surface area (Å²) in [6, 6.07) is 68.4.